The maximum atomic E-state index is 12.4. The van der Waals surface area contributed by atoms with Gasteiger partial charge in [0.25, 0.3) is 0 Å². The van der Waals surface area contributed by atoms with Crippen LogP contribution in [0, 0.1) is 0 Å². The number of amides is 1. The van der Waals surface area contributed by atoms with E-state index >= 15 is 0 Å². The molecule has 0 radical (unpaired) electrons. The van der Waals surface area contributed by atoms with Gasteiger partial charge in [-0.15, -0.1) is 10.2 Å². The zero-order valence-electron chi connectivity index (χ0n) is 14.7. The summed E-state index contributed by atoms with van der Waals surface area (Å²) in [7, 11) is 1.58. The fourth-order valence-electron chi connectivity index (χ4n) is 2.47. The summed E-state index contributed by atoms with van der Waals surface area (Å²) in [6.45, 7) is 2.83. The molecule has 0 spiro atoms. The van der Waals surface area contributed by atoms with E-state index in [-0.39, 0.29) is 12.5 Å². The number of anilines is 2. The number of ether oxygens (including phenoxy) is 1. The molecule has 3 rings (SSSR count). The zero-order valence-corrected chi connectivity index (χ0v) is 15.5. The van der Waals surface area contributed by atoms with Gasteiger partial charge >= 0.3 is 0 Å². The van der Waals surface area contributed by atoms with Gasteiger partial charge in [-0.3, -0.25) is 4.79 Å². The molecule has 134 valence electrons. The van der Waals surface area contributed by atoms with Gasteiger partial charge in [0.2, 0.25) is 11.0 Å². The van der Waals surface area contributed by atoms with Crippen LogP contribution in [0.5, 0.6) is 5.75 Å². The maximum absolute atomic E-state index is 12.4. The number of rotatable bonds is 7. The molecule has 1 N–H and O–H groups in total. The van der Waals surface area contributed by atoms with E-state index in [4.69, 9.17) is 4.74 Å². The molecule has 0 aliphatic heterocycles. The number of carbonyl (C=O) groups is 1. The third-order valence-corrected chi connectivity index (χ3v) is 4.84. The minimum atomic E-state index is -0.132. The van der Waals surface area contributed by atoms with Gasteiger partial charge < -0.3 is 15.0 Å². The van der Waals surface area contributed by atoms with Crippen LogP contribution in [0.1, 0.15) is 6.92 Å². The molecule has 1 aromatic heterocycles. The average Bonchev–Trinajstić information content (AvgIpc) is 3.17. The number of hydrogen-bond donors (Lipinski definition) is 1. The van der Waals surface area contributed by atoms with E-state index in [0.717, 1.165) is 15.7 Å². The number of hydrogen-bond acceptors (Lipinski definition) is 6. The second kappa shape index (κ2) is 8.44. The van der Waals surface area contributed by atoms with Crippen LogP contribution >= 0.6 is 11.3 Å². The van der Waals surface area contributed by atoms with Crippen LogP contribution < -0.4 is 15.0 Å². The third-order valence-electron chi connectivity index (χ3n) is 3.80. The Hall–Kier alpha value is -2.93. The van der Waals surface area contributed by atoms with Gasteiger partial charge in [-0.2, -0.15) is 0 Å². The number of likely N-dealkylation sites (N-methyl/N-ethyl adjacent to an activating group) is 1. The quantitative estimate of drug-likeness (QED) is 0.689. The number of carbonyl (C=O) groups excluding carboxylic acids is 1. The van der Waals surface area contributed by atoms with Crippen molar-refractivity contribution in [3.8, 4) is 16.3 Å². The number of aromatic nitrogens is 2. The lowest BCUT2D eigenvalue weighted by atomic mass is 10.2. The van der Waals surface area contributed by atoms with Gasteiger partial charge in [-0.1, -0.05) is 53.8 Å². The largest absolute Gasteiger partial charge is 0.495 e. The van der Waals surface area contributed by atoms with Crippen LogP contribution in [-0.4, -0.2) is 36.3 Å². The minimum absolute atomic E-state index is 0.132. The number of nitrogens with zero attached hydrogens (tertiary/aromatic N) is 3. The average molecular weight is 368 g/mol. The Labute approximate surface area is 156 Å². The van der Waals surface area contributed by atoms with Gasteiger partial charge in [0.1, 0.15) is 10.8 Å². The molecule has 1 amide bonds. The second-order valence-electron chi connectivity index (χ2n) is 5.52. The van der Waals surface area contributed by atoms with E-state index in [2.05, 4.69) is 15.5 Å². The Morgan fingerprint density at radius 2 is 1.85 bits per heavy atom. The van der Waals surface area contributed by atoms with E-state index in [0.29, 0.717) is 18.0 Å². The summed E-state index contributed by atoms with van der Waals surface area (Å²) in [6.07, 6.45) is 0. The molecule has 0 saturated carbocycles. The van der Waals surface area contributed by atoms with E-state index in [1.54, 1.807) is 7.11 Å². The van der Waals surface area contributed by atoms with Crippen LogP contribution in [0.3, 0.4) is 0 Å². The lowest BCUT2D eigenvalue weighted by molar-refractivity contribution is -0.115. The number of para-hydroxylation sites is 2. The van der Waals surface area contributed by atoms with E-state index < -0.39 is 0 Å². The van der Waals surface area contributed by atoms with Crippen LogP contribution in [0.15, 0.2) is 54.6 Å². The first-order chi connectivity index (χ1) is 12.7. The van der Waals surface area contributed by atoms with Crippen LogP contribution in [0.4, 0.5) is 10.8 Å². The third kappa shape index (κ3) is 4.18. The lowest BCUT2D eigenvalue weighted by Crippen LogP contribution is -2.33. The number of nitrogens with one attached hydrogen (secondary N) is 1. The molecule has 0 bridgehead atoms. The lowest BCUT2D eigenvalue weighted by Gasteiger charge is -2.19. The monoisotopic (exact) mass is 368 g/mol. The van der Waals surface area contributed by atoms with E-state index in [9.17, 15) is 4.79 Å². The maximum Gasteiger partial charge on any atom is 0.244 e. The van der Waals surface area contributed by atoms with Crippen molar-refractivity contribution in [3.05, 3.63) is 54.6 Å². The molecular weight excluding hydrogens is 348 g/mol. The summed E-state index contributed by atoms with van der Waals surface area (Å²) >= 11 is 1.47. The topological polar surface area (TPSA) is 67.4 Å². The Kier molecular flexibility index (Phi) is 5.80. The number of methoxy groups -OCH3 is 1. The fraction of sp³-hybridized carbons (Fsp3) is 0.211. The second-order valence-corrected chi connectivity index (χ2v) is 6.47. The van der Waals surface area contributed by atoms with Crippen molar-refractivity contribution in [2.45, 2.75) is 6.92 Å². The first kappa shape index (κ1) is 17.9. The number of benzene rings is 2. The Morgan fingerprint density at radius 3 is 2.58 bits per heavy atom. The Morgan fingerprint density at radius 1 is 1.12 bits per heavy atom. The summed E-state index contributed by atoms with van der Waals surface area (Å²) in [6, 6.07) is 17.2. The summed E-state index contributed by atoms with van der Waals surface area (Å²) in [5.41, 5.74) is 1.67. The SMILES string of the molecule is CCN(CC(=O)Nc1ccccc1OC)c1nnc(-c2ccccc2)s1. The Bertz CT molecular complexity index is 867. The fourth-order valence-corrected chi connectivity index (χ4v) is 3.38. The molecular formula is C19H20N4O2S. The van der Waals surface area contributed by atoms with E-state index in [1.807, 2.05) is 66.4 Å². The molecule has 2 aromatic carbocycles. The van der Waals surface area contributed by atoms with Crippen molar-refractivity contribution in [1.29, 1.82) is 0 Å². The summed E-state index contributed by atoms with van der Waals surface area (Å²) in [4.78, 5) is 14.3. The van der Waals surface area contributed by atoms with Gasteiger partial charge in [-0.05, 0) is 19.1 Å². The minimum Gasteiger partial charge on any atom is -0.495 e. The predicted molar refractivity (Wildman–Crippen MR) is 105 cm³/mol. The smallest absolute Gasteiger partial charge is 0.244 e. The molecule has 0 atom stereocenters. The van der Waals surface area contributed by atoms with Crippen molar-refractivity contribution in [3.63, 3.8) is 0 Å². The highest BCUT2D eigenvalue weighted by atomic mass is 32.1. The van der Waals surface area contributed by atoms with Crippen molar-refractivity contribution in [2.75, 3.05) is 30.4 Å². The molecule has 0 aliphatic rings. The summed E-state index contributed by atoms with van der Waals surface area (Å²) in [5, 5.41) is 12.9. The first-order valence-corrected chi connectivity index (χ1v) is 9.09. The van der Waals surface area contributed by atoms with Gasteiger partial charge in [0.05, 0.1) is 19.3 Å². The van der Waals surface area contributed by atoms with Crippen molar-refractivity contribution >= 4 is 28.1 Å². The summed E-state index contributed by atoms with van der Waals surface area (Å²) < 4.78 is 5.27. The molecule has 0 aliphatic carbocycles. The Balaban J connectivity index is 1.69. The van der Waals surface area contributed by atoms with Crippen molar-refractivity contribution in [1.82, 2.24) is 10.2 Å². The van der Waals surface area contributed by atoms with Gasteiger partial charge in [0.15, 0.2) is 0 Å². The predicted octanol–water partition coefficient (Wildman–Crippen LogP) is 3.68. The molecule has 26 heavy (non-hydrogen) atoms. The van der Waals surface area contributed by atoms with Crippen LogP contribution in [-0.2, 0) is 4.79 Å². The van der Waals surface area contributed by atoms with Crippen LogP contribution in [0.2, 0.25) is 0 Å². The van der Waals surface area contributed by atoms with Crippen molar-refractivity contribution < 1.29 is 9.53 Å². The highest BCUT2D eigenvalue weighted by Gasteiger charge is 2.16. The summed E-state index contributed by atoms with van der Waals surface area (Å²) in [5.74, 6) is 0.499. The van der Waals surface area contributed by atoms with Gasteiger partial charge in [0, 0.05) is 12.1 Å². The standard InChI is InChI=1S/C19H20N4O2S/c1-3-23(13-17(24)20-15-11-7-8-12-16(15)25-2)19-22-21-18(26-19)14-9-5-4-6-10-14/h4-12H,3,13H2,1-2H3,(H,20,24). The highest BCUT2D eigenvalue weighted by molar-refractivity contribution is 7.18. The van der Waals surface area contributed by atoms with Gasteiger partial charge in [-0.25, -0.2) is 0 Å². The molecule has 3 aromatic rings. The van der Waals surface area contributed by atoms with E-state index in [1.165, 1.54) is 11.3 Å². The molecule has 0 unspecified atom stereocenters. The van der Waals surface area contributed by atoms with Crippen molar-refractivity contribution in [2.24, 2.45) is 0 Å². The molecule has 7 heteroatoms. The first-order valence-electron chi connectivity index (χ1n) is 8.28. The van der Waals surface area contributed by atoms with Crippen LogP contribution in [0.25, 0.3) is 10.6 Å². The highest BCUT2D eigenvalue weighted by Crippen LogP contribution is 2.28. The zero-order chi connectivity index (χ0) is 18.4. The molecule has 1 heterocycles. The normalized spacial score (nSPS) is 10.4. The molecule has 0 saturated heterocycles. The molecule has 6 nitrogen and oxygen atoms in total. The molecule has 0 fully saturated rings.